The van der Waals surface area contributed by atoms with E-state index >= 15 is 0 Å². The molecule has 4 aliphatic carbocycles. The Kier molecular flexibility index (Phi) is 8.64. The Bertz CT molecular complexity index is 1430. The minimum atomic E-state index is -4.44. The van der Waals surface area contributed by atoms with Crippen LogP contribution in [-0.2, 0) is 28.7 Å². The van der Waals surface area contributed by atoms with Gasteiger partial charge in [0.05, 0.1) is 12.2 Å². The Labute approximate surface area is 256 Å². The van der Waals surface area contributed by atoms with E-state index < -0.39 is 11.7 Å². The van der Waals surface area contributed by atoms with Crippen LogP contribution in [0.25, 0.3) is 10.9 Å². The molecule has 0 unspecified atom stereocenters. The number of alkyl halides is 3. The zero-order valence-electron chi connectivity index (χ0n) is 25.2. The van der Waals surface area contributed by atoms with Crippen molar-refractivity contribution in [2.24, 2.45) is 17.8 Å². The molecular formula is C34H41F3N4O3. The van der Waals surface area contributed by atoms with Crippen molar-refractivity contribution in [1.29, 1.82) is 0 Å². The molecule has 1 aromatic heterocycles. The number of carbonyl (C=O) groups is 2. The number of hydrogen-bond donors (Lipinski definition) is 2. The SMILES string of the molecule is COCCN(CC(=O)N(CCc1c[nH]c2ccccc12)Cc1ccc(C(F)(F)F)cc1)C(=O)NC12CC3CC(CC(C3)C1)C2. The third-order valence-corrected chi connectivity index (χ3v) is 9.92. The average Bonchev–Trinajstić information content (AvgIpc) is 3.39. The molecule has 1 heterocycles. The van der Waals surface area contributed by atoms with Crippen molar-refractivity contribution in [2.75, 3.05) is 33.4 Å². The molecular weight excluding hydrogens is 569 g/mol. The highest BCUT2D eigenvalue weighted by Crippen LogP contribution is 2.55. The van der Waals surface area contributed by atoms with Crippen LogP contribution in [-0.4, -0.2) is 65.6 Å². The second-order valence-corrected chi connectivity index (χ2v) is 13.2. The molecule has 2 aromatic carbocycles. The van der Waals surface area contributed by atoms with Crippen LogP contribution in [0.4, 0.5) is 18.0 Å². The van der Waals surface area contributed by atoms with Crippen molar-refractivity contribution < 1.29 is 27.5 Å². The van der Waals surface area contributed by atoms with Crippen LogP contribution in [0.3, 0.4) is 0 Å². The Balaban J connectivity index is 1.18. The first kappa shape index (κ1) is 30.5. The molecule has 2 N–H and O–H groups in total. The van der Waals surface area contributed by atoms with E-state index in [1.807, 2.05) is 30.5 Å². The molecule has 10 heteroatoms. The minimum Gasteiger partial charge on any atom is -0.383 e. The summed E-state index contributed by atoms with van der Waals surface area (Å²) in [4.78, 5) is 34.1. The van der Waals surface area contributed by atoms with Gasteiger partial charge in [-0.15, -0.1) is 0 Å². The number of para-hydroxylation sites is 1. The van der Waals surface area contributed by atoms with Gasteiger partial charge in [0, 0.05) is 49.4 Å². The second-order valence-electron chi connectivity index (χ2n) is 13.2. The molecule has 7 rings (SSSR count). The van der Waals surface area contributed by atoms with Gasteiger partial charge >= 0.3 is 12.2 Å². The quantitative estimate of drug-likeness (QED) is 0.264. The van der Waals surface area contributed by atoms with Crippen molar-refractivity contribution in [2.45, 2.75) is 63.2 Å². The summed E-state index contributed by atoms with van der Waals surface area (Å²) in [5.41, 5.74) is 1.70. The standard InChI is InChI=1S/C34H41F3N4O3/c1-44-13-12-41(32(43)39-33-17-24-14-25(18-33)16-26(15-24)19-33)22-31(42)40(21-23-6-8-28(9-7-23)34(35,36)37)11-10-27-20-38-30-5-3-2-4-29(27)30/h2-9,20,24-26,38H,10-19,21-22H2,1H3,(H,39,43). The Morgan fingerprint density at radius 1 is 0.955 bits per heavy atom. The molecule has 0 spiro atoms. The molecule has 4 saturated carbocycles. The van der Waals surface area contributed by atoms with Crippen molar-refractivity contribution in [1.82, 2.24) is 20.1 Å². The maximum absolute atomic E-state index is 13.9. The Morgan fingerprint density at radius 3 is 2.25 bits per heavy atom. The lowest BCUT2D eigenvalue weighted by Gasteiger charge is -2.57. The zero-order chi connectivity index (χ0) is 30.9. The zero-order valence-corrected chi connectivity index (χ0v) is 25.2. The molecule has 4 fully saturated rings. The van der Waals surface area contributed by atoms with Gasteiger partial charge < -0.3 is 24.8 Å². The highest BCUT2D eigenvalue weighted by molar-refractivity contribution is 5.85. The monoisotopic (exact) mass is 610 g/mol. The van der Waals surface area contributed by atoms with Crippen LogP contribution < -0.4 is 5.32 Å². The third-order valence-electron chi connectivity index (χ3n) is 9.92. The number of aromatic amines is 1. The van der Waals surface area contributed by atoms with Crippen molar-refractivity contribution in [3.05, 3.63) is 71.4 Å². The van der Waals surface area contributed by atoms with Gasteiger partial charge in [0.15, 0.2) is 0 Å². The Hall–Kier alpha value is -3.53. The normalized spacial score (nSPS) is 24.0. The van der Waals surface area contributed by atoms with Gasteiger partial charge in [-0.25, -0.2) is 4.79 Å². The number of aromatic nitrogens is 1. The number of halogens is 3. The van der Waals surface area contributed by atoms with E-state index in [0.29, 0.717) is 36.3 Å². The summed E-state index contributed by atoms with van der Waals surface area (Å²) in [7, 11) is 1.56. The molecule has 236 valence electrons. The maximum atomic E-state index is 13.9. The molecule has 0 radical (unpaired) electrons. The van der Waals surface area contributed by atoms with E-state index in [0.717, 1.165) is 47.9 Å². The van der Waals surface area contributed by atoms with Gasteiger partial charge in [-0.1, -0.05) is 30.3 Å². The lowest BCUT2D eigenvalue weighted by molar-refractivity contribution is -0.137. The van der Waals surface area contributed by atoms with Crippen LogP contribution in [0.1, 0.15) is 55.2 Å². The summed E-state index contributed by atoms with van der Waals surface area (Å²) >= 11 is 0. The predicted molar refractivity (Wildman–Crippen MR) is 162 cm³/mol. The van der Waals surface area contributed by atoms with Crippen LogP contribution in [0.5, 0.6) is 0 Å². The van der Waals surface area contributed by atoms with Crippen LogP contribution in [0.2, 0.25) is 0 Å². The maximum Gasteiger partial charge on any atom is 0.416 e. The van der Waals surface area contributed by atoms with E-state index in [1.54, 1.807) is 12.0 Å². The molecule has 4 aliphatic rings. The molecule has 0 saturated heterocycles. The first-order valence-corrected chi connectivity index (χ1v) is 15.7. The number of H-pyrrole nitrogens is 1. The van der Waals surface area contributed by atoms with Gasteiger partial charge in [-0.05, 0) is 92.0 Å². The van der Waals surface area contributed by atoms with Crippen molar-refractivity contribution in [3.8, 4) is 0 Å². The lowest BCUT2D eigenvalue weighted by atomic mass is 9.53. The van der Waals surface area contributed by atoms with Gasteiger partial charge in [-0.2, -0.15) is 13.2 Å². The third kappa shape index (κ3) is 6.75. The van der Waals surface area contributed by atoms with E-state index in [1.165, 1.54) is 36.3 Å². The van der Waals surface area contributed by atoms with Crippen LogP contribution in [0.15, 0.2) is 54.7 Å². The van der Waals surface area contributed by atoms with E-state index in [4.69, 9.17) is 4.74 Å². The summed E-state index contributed by atoms with van der Waals surface area (Å²) in [5, 5.41) is 4.43. The number of benzene rings is 2. The fourth-order valence-electron chi connectivity index (χ4n) is 8.19. The van der Waals surface area contributed by atoms with Gasteiger partial charge in [0.25, 0.3) is 0 Å². The number of amides is 3. The minimum absolute atomic E-state index is 0.133. The molecule has 44 heavy (non-hydrogen) atoms. The number of ether oxygens (including phenoxy) is 1. The number of hydrogen-bond acceptors (Lipinski definition) is 3. The Morgan fingerprint density at radius 2 is 1.61 bits per heavy atom. The lowest BCUT2D eigenvalue weighted by Crippen LogP contribution is -2.62. The highest BCUT2D eigenvalue weighted by atomic mass is 19.4. The number of rotatable bonds is 11. The van der Waals surface area contributed by atoms with Gasteiger partial charge in [-0.3, -0.25) is 4.79 Å². The van der Waals surface area contributed by atoms with Crippen molar-refractivity contribution >= 4 is 22.8 Å². The fraction of sp³-hybridized carbons (Fsp3) is 0.529. The van der Waals surface area contributed by atoms with E-state index in [2.05, 4.69) is 10.3 Å². The summed E-state index contributed by atoms with van der Waals surface area (Å²) in [5.74, 6) is 1.74. The number of methoxy groups -OCH3 is 1. The number of nitrogens with one attached hydrogen (secondary N) is 2. The number of urea groups is 1. The predicted octanol–water partition coefficient (Wildman–Crippen LogP) is 6.38. The molecule has 3 aromatic rings. The smallest absolute Gasteiger partial charge is 0.383 e. The molecule has 0 aliphatic heterocycles. The molecule has 7 nitrogen and oxygen atoms in total. The number of nitrogens with zero attached hydrogens (tertiary/aromatic N) is 2. The number of fused-ring (bicyclic) bond motifs is 1. The molecule has 0 atom stereocenters. The van der Waals surface area contributed by atoms with E-state index in [-0.39, 0.29) is 43.7 Å². The summed E-state index contributed by atoms with van der Waals surface area (Å²) < 4.78 is 44.8. The second kappa shape index (κ2) is 12.5. The average molecular weight is 611 g/mol. The summed E-state index contributed by atoms with van der Waals surface area (Å²) in [6.07, 6.45) is 4.83. The summed E-state index contributed by atoms with van der Waals surface area (Å²) in [6.45, 7) is 0.882. The van der Waals surface area contributed by atoms with Crippen LogP contribution in [0, 0.1) is 17.8 Å². The molecule has 4 bridgehead atoms. The topological polar surface area (TPSA) is 77.7 Å². The van der Waals surface area contributed by atoms with Gasteiger partial charge in [0.1, 0.15) is 6.54 Å². The first-order chi connectivity index (χ1) is 21.1. The van der Waals surface area contributed by atoms with Gasteiger partial charge in [0.2, 0.25) is 5.91 Å². The first-order valence-electron chi connectivity index (χ1n) is 15.7. The van der Waals surface area contributed by atoms with Crippen molar-refractivity contribution in [3.63, 3.8) is 0 Å². The number of carbonyl (C=O) groups excluding carboxylic acids is 2. The summed E-state index contributed by atoms with van der Waals surface area (Å²) in [6, 6.07) is 12.6. The van der Waals surface area contributed by atoms with E-state index in [9.17, 15) is 22.8 Å². The molecule has 3 amide bonds. The highest BCUT2D eigenvalue weighted by Gasteiger charge is 2.52. The van der Waals surface area contributed by atoms with Crippen LogP contribution >= 0.6 is 0 Å². The largest absolute Gasteiger partial charge is 0.416 e. The fourth-order valence-corrected chi connectivity index (χ4v) is 8.19.